The lowest BCUT2D eigenvalue weighted by molar-refractivity contribution is -0.157. The van der Waals surface area contributed by atoms with E-state index >= 15 is 0 Å². The van der Waals surface area contributed by atoms with Crippen molar-refractivity contribution in [2.45, 2.75) is 85.7 Å². The van der Waals surface area contributed by atoms with Gasteiger partial charge in [-0.25, -0.2) is 24.8 Å². The highest BCUT2D eigenvalue weighted by atomic mass is 19.1. The van der Waals surface area contributed by atoms with Crippen LogP contribution in [0.5, 0.6) is 0 Å². The summed E-state index contributed by atoms with van der Waals surface area (Å²) in [5.74, 6) is 4.56. The summed E-state index contributed by atoms with van der Waals surface area (Å²) in [4.78, 5) is 56.2. The van der Waals surface area contributed by atoms with Crippen molar-refractivity contribution < 1.29 is 33.4 Å². The Morgan fingerprint density at radius 1 is 1.02 bits per heavy atom. The first-order valence-electron chi connectivity index (χ1n) is 20.3. The third kappa shape index (κ3) is 8.43. The topological polar surface area (TPSA) is 204 Å². The van der Waals surface area contributed by atoms with Gasteiger partial charge >= 0.3 is 12.1 Å². The molecule has 2 amide bonds. The highest BCUT2D eigenvalue weighted by Crippen LogP contribution is 2.44. The number of cyclic esters (lactones) is 1. The third-order valence-corrected chi connectivity index (χ3v) is 10.9. The number of halogens is 1. The summed E-state index contributed by atoms with van der Waals surface area (Å²) in [5.41, 5.74) is 12.5. The molecule has 0 bridgehead atoms. The molecule has 1 aliphatic carbocycles. The van der Waals surface area contributed by atoms with Crippen molar-refractivity contribution in [3.63, 3.8) is 0 Å². The van der Waals surface area contributed by atoms with Gasteiger partial charge < -0.3 is 40.5 Å². The molecule has 0 saturated heterocycles. The van der Waals surface area contributed by atoms with Crippen molar-refractivity contribution >= 4 is 28.9 Å². The lowest BCUT2D eigenvalue weighted by Gasteiger charge is -2.29. The van der Waals surface area contributed by atoms with E-state index in [-0.39, 0.29) is 55.6 Å². The fourth-order valence-electron chi connectivity index (χ4n) is 7.85. The van der Waals surface area contributed by atoms with Crippen LogP contribution in [0.4, 0.5) is 9.18 Å². The number of benzene rings is 3. The van der Waals surface area contributed by atoms with Gasteiger partial charge in [0.15, 0.2) is 6.10 Å². The number of hydrogen-bond donors (Lipinski definition) is 5. The van der Waals surface area contributed by atoms with Crippen molar-refractivity contribution in [3.8, 4) is 22.5 Å². The van der Waals surface area contributed by atoms with Gasteiger partial charge in [0.2, 0.25) is 5.91 Å². The number of carbonyl (C=O) groups excluding carboxylic acids is 3. The number of aromatic nitrogens is 2. The molecular formula is C46H52FN7O7. The number of fused-ring (bicyclic) bond motifs is 8. The van der Waals surface area contributed by atoms with E-state index in [1.165, 1.54) is 21.8 Å². The fourth-order valence-corrected chi connectivity index (χ4v) is 7.85. The van der Waals surface area contributed by atoms with Gasteiger partial charge in [-0.2, -0.15) is 0 Å². The van der Waals surface area contributed by atoms with E-state index in [1.807, 2.05) is 76.2 Å². The van der Waals surface area contributed by atoms with E-state index in [2.05, 4.69) is 10.6 Å². The molecule has 0 fully saturated rings. The number of nitrogens with two attached hydrogens (primary N) is 2. The summed E-state index contributed by atoms with van der Waals surface area (Å²) in [6.07, 6.45) is -0.909. The van der Waals surface area contributed by atoms with Gasteiger partial charge in [-0.1, -0.05) is 76.2 Å². The maximum absolute atomic E-state index is 14.9. The van der Waals surface area contributed by atoms with Crippen LogP contribution in [0, 0.1) is 12.7 Å². The van der Waals surface area contributed by atoms with Gasteiger partial charge in [0, 0.05) is 34.7 Å². The molecule has 15 heteroatoms. The lowest BCUT2D eigenvalue weighted by atomic mass is 9.97. The maximum Gasteiger partial charge on any atom is 0.407 e. The molecule has 3 aromatic carbocycles. The monoisotopic (exact) mass is 833 g/mol. The van der Waals surface area contributed by atoms with Crippen LogP contribution in [-0.4, -0.2) is 56.3 Å². The molecule has 2 aliphatic heterocycles. The second kappa shape index (κ2) is 18.0. The van der Waals surface area contributed by atoms with Crippen molar-refractivity contribution in [1.29, 1.82) is 0 Å². The first-order valence-corrected chi connectivity index (χ1v) is 20.3. The van der Waals surface area contributed by atoms with Crippen LogP contribution in [0.25, 0.3) is 33.4 Å². The number of amides is 2. The van der Waals surface area contributed by atoms with Gasteiger partial charge in [-0.05, 0) is 66.3 Å². The number of ether oxygens (including phenoxy) is 2. The van der Waals surface area contributed by atoms with Crippen molar-refractivity contribution in [2.75, 3.05) is 13.2 Å². The molecule has 320 valence electrons. The lowest BCUT2D eigenvalue weighted by Crippen LogP contribution is -2.51. The molecule has 14 nitrogen and oxygen atoms in total. The maximum atomic E-state index is 14.9. The molecule has 2 aromatic heterocycles. The number of aryl methyl sites for hydroxylation is 1. The second-order valence-corrected chi connectivity index (χ2v) is 15.0. The predicted octanol–water partition coefficient (Wildman–Crippen LogP) is 5.92. The molecule has 3 aliphatic rings. The Bertz CT molecular complexity index is 2580. The predicted molar refractivity (Wildman–Crippen MR) is 230 cm³/mol. The van der Waals surface area contributed by atoms with E-state index in [9.17, 15) is 28.7 Å². The van der Waals surface area contributed by atoms with Crippen LogP contribution in [0.3, 0.4) is 0 Å². The van der Waals surface area contributed by atoms with E-state index in [4.69, 9.17) is 26.0 Å². The number of hydrogen-bond acceptors (Lipinski definition) is 11. The molecule has 5 aromatic rings. The van der Waals surface area contributed by atoms with Crippen LogP contribution in [0.15, 0.2) is 83.4 Å². The van der Waals surface area contributed by atoms with Crippen LogP contribution in [-0.2, 0) is 38.8 Å². The minimum atomic E-state index is -1.63. The van der Waals surface area contributed by atoms with Gasteiger partial charge in [0.05, 0.1) is 46.8 Å². The Kier molecular flexibility index (Phi) is 12.9. The number of hydrazine groups is 1. The van der Waals surface area contributed by atoms with E-state index in [1.54, 1.807) is 32.9 Å². The summed E-state index contributed by atoms with van der Waals surface area (Å²) in [7, 11) is 0. The molecule has 4 heterocycles. The van der Waals surface area contributed by atoms with Crippen LogP contribution >= 0.6 is 0 Å². The zero-order chi connectivity index (χ0) is 44.3. The van der Waals surface area contributed by atoms with Crippen molar-refractivity contribution in [3.05, 3.63) is 134 Å². The highest BCUT2D eigenvalue weighted by molar-refractivity contribution is 5.89. The zero-order valence-corrected chi connectivity index (χ0v) is 35.4. The molecule has 0 spiro atoms. The average molecular weight is 834 g/mol. The first kappa shape index (κ1) is 44.0. The van der Waals surface area contributed by atoms with Gasteiger partial charge in [-0.3, -0.25) is 9.59 Å². The smallest absolute Gasteiger partial charge is 0.407 e. The molecule has 7 N–H and O–H groups in total. The summed E-state index contributed by atoms with van der Waals surface area (Å²) in [6, 6.07) is 20.5. The Hall–Kier alpha value is -6.58. The normalized spacial score (nSPS) is 14.8. The largest absolute Gasteiger partial charge is 0.458 e. The number of alkyl carbamates (subject to hydrolysis) is 1. The van der Waals surface area contributed by atoms with E-state index in [0.29, 0.717) is 39.0 Å². The van der Waals surface area contributed by atoms with Crippen LogP contribution in [0.1, 0.15) is 92.5 Å². The first-order chi connectivity index (χ1) is 29.2. The summed E-state index contributed by atoms with van der Waals surface area (Å²) >= 11 is 0. The number of carbonyl (C=O) groups is 3. The molecule has 1 atom stereocenters. The van der Waals surface area contributed by atoms with Gasteiger partial charge in [0.25, 0.3) is 5.56 Å². The molecular weight excluding hydrogens is 782 g/mol. The SMILES string of the molecule is CC.CC.Cc1cc2c(CN(N)/C=C(\N)C(C)(C)NC(=O)CNC(=O)OCC3c4ccccc4-c4ccccc43)c3c(nc2cc1F)-c1cc2c(c(=O)n1C3)COC(=O)C2O. The number of pyridine rings is 2. The molecule has 1 unspecified atom stereocenters. The highest BCUT2D eigenvalue weighted by Gasteiger charge is 2.35. The number of aliphatic hydroxyl groups is 1. The summed E-state index contributed by atoms with van der Waals surface area (Å²) in [6.45, 7) is 12.6. The average Bonchev–Trinajstić information content (AvgIpc) is 3.78. The van der Waals surface area contributed by atoms with Crippen molar-refractivity contribution in [1.82, 2.24) is 25.2 Å². The summed E-state index contributed by atoms with van der Waals surface area (Å²) < 4.78 is 26.9. The standard InChI is InChI=1S/C42H40FN7O7.2C2H6/c1-21-12-26-28(29-17-50-34(37(29)47-33(26)14-32(21)43)13-27-31(39(50)53)20-56-40(54)38(27)52)16-49(45)18-35(44)42(2,3)48-36(51)15-46-41(55)57-19-30-24-10-6-4-8-22(24)23-9-5-7-11-25(23)30;2*1-2/h4-14,18,30,38,52H,15-17,19-20,44-45H2,1-3H3,(H,46,55)(H,48,51);2*1-2H3/b35-18-;;. The second-order valence-electron chi connectivity index (χ2n) is 15.0. The minimum absolute atomic E-state index is 0.0349. The Balaban J connectivity index is 0.00000151. The number of aliphatic hydroxyl groups excluding tert-OH is 1. The Labute approximate surface area is 353 Å². The van der Waals surface area contributed by atoms with Crippen LogP contribution < -0.4 is 27.8 Å². The molecule has 61 heavy (non-hydrogen) atoms. The quantitative estimate of drug-likeness (QED) is 0.0657. The van der Waals surface area contributed by atoms with Crippen molar-refractivity contribution in [2.24, 2.45) is 11.6 Å². The number of rotatable bonds is 9. The van der Waals surface area contributed by atoms with Gasteiger partial charge in [-0.15, -0.1) is 0 Å². The number of nitrogens with one attached hydrogen (secondary N) is 2. The third-order valence-electron chi connectivity index (χ3n) is 10.9. The number of nitrogens with zero attached hydrogens (tertiary/aromatic N) is 3. The van der Waals surface area contributed by atoms with Gasteiger partial charge in [0.1, 0.15) is 25.6 Å². The summed E-state index contributed by atoms with van der Waals surface area (Å²) in [5, 5.41) is 17.8. The zero-order valence-electron chi connectivity index (χ0n) is 35.4. The number of esters is 1. The molecule has 8 rings (SSSR count). The Morgan fingerprint density at radius 3 is 2.31 bits per heavy atom. The molecule has 0 saturated carbocycles. The molecule has 0 radical (unpaired) electrons. The Morgan fingerprint density at radius 2 is 1.66 bits per heavy atom. The minimum Gasteiger partial charge on any atom is -0.458 e. The van der Waals surface area contributed by atoms with Crippen LogP contribution in [0.2, 0.25) is 0 Å². The van der Waals surface area contributed by atoms with E-state index in [0.717, 1.165) is 22.3 Å². The fraction of sp³-hybridized carbons (Fsp3) is 0.326. The van der Waals surface area contributed by atoms with E-state index < -0.39 is 41.0 Å².